The Hall–Kier alpha value is -3.49. The van der Waals surface area contributed by atoms with E-state index in [1.165, 1.54) is 4.57 Å². The summed E-state index contributed by atoms with van der Waals surface area (Å²) in [4.78, 5) is 44.4. The number of esters is 1. The Morgan fingerprint density at radius 1 is 1.18 bits per heavy atom. The fourth-order valence-corrected chi connectivity index (χ4v) is 5.56. The van der Waals surface area contributed by atoms with Crippen molar-refractivity contribution in [2.75, 3.05) is 11.9 Å². The summed E-state index contributed by atoms with van der Waals surface area (Å²) >= 11 is 7.63. The van der Waals surface area contributed by atoms with E-state index in [0.29, 0.717) is 37.9 Å². The molecular weight excluding hydrogens is 462 g/mol. The normalized spacial score (nSPS) is 18.4. The van der Waals surface area contributed by atoms with Gasteiger partial charge in [0.2, 0.25) is 0 Å². The van der Waals surface area contributed by atoms with Gasteiger partial charge >= 0.3 is 5.97 Å². The van der Waals surface area contributed by atoms with E-state index in [2.05, 4.69) is 10.3 Å². The molecule has 0 saturated carbocycles. The van der Waals surface area contributed by atoms with Crippen LogP contribution in [0.2, 0.25) is 5.02 Å². The Balaban J connectivity index is 1.85. The number of carbonyl (C=O) groups is 2. The zero-order valence-electron chi connectivity index (χ0n) is 17.7. The number of halogens is 1. The van der Waals surface area contributed by atoms with E-state index in [1.807, 2.05) is 12.1 Å². The fourth-order valence-electron chi connectivity index (χ4n) is 4.18. The summed E-state index contributed by atoms with van der Waals surface area (Å²) in [5.41, 5.74) is 2.44. The van der Waals surface area contributed by atoms with Crippen LogP contribution >= 0.6 is 22.9 Å². The molecule has 0 spiro atoms. The third kappa shape index (κ3) is 3.34. The van der Waals surface area contributed by atoms with Crippen LogP contribution in [-0.4, -0.2) is 23.1 Å². The van der Waals surface area contributed by atoms with Crippen molar-refractivity contribution in [2.24, 2.45) is 4.99 Å². The van der Waals surface area contributed by atoms with Gasteiger partial charge in [-0.2, -0.15) is 0 Å². The lowest BCUT2D eigenvalue weighted by atomic mass is 9.96. The zero-order valence-corrected chi connectivity index (χ0v) is 19.3. The van der Waals surface area contributed by atoms with Crippen LogP contribution in [0.3, 0.4) is 0 Å². The van der Waals surface area contributed by atoms with E-state index >= 15 is 0 Å². The number of thiazole rings is 1. The maximum atomic E-state index is 13.8. The first-order valence-electron chi connectivity index (χ1n) is 10.3. The van der Waals surface area contributed by atoms with Gasteiger partial charge in [0.1, 0.15) is 10.6 Å². The number of rotatable bonds is 3. The summed E-state index contributed by atoms with van der Waals surface area (Å²) in [5.74, 6) is -0.914. The average molecular weight is 480 g/mol. The van der Waals surface area contributed by atoms with Crippen molar-refractivity contribution >= 4 is 46.1 Å². The number of hydrogen-bond acceptors (Lipinski definition) is 6. The molecule has 1 aromatic heterocycles. The quantitative estimate of drug-likeness (QED) is 0.585. The first kappa shape index (κ1) is 21.4. The number of amides is 1. The van der Waals surface area contributed by atoms with Crippen molar-refractivity contribution < 1.29 is 14.3 Å². The number of allylic oxidation sites excluding steroid dienone is 1. The Kier molecular flexibility index (Phi) is 5.26. The Morgan fingerprint density at radius 2 is 1.91 bits per heavy atom. The van der Waals surface area contributed by atoms with Crippen LogP contribution in [0.5, 0.6) is 0 Å². The largest absolute Gasteiger partial charge is 0.463 e. The van der Waals surface area contributed by atoms with Gasteiger partial charge in [-0.3, -0.25) is 14.2 Å². The number of anilines is 1. The summed E-state index contributed by atoms with van der Waals surface area (Å²) in [6.07, 6.45) is 0. The molecule has 7 nitrogen and oxygen atoms in total. The number of fused-ring (bicyclic) bond motifs is 2. The molecule has 0 saturated heterocycles. The minimum absolute atomic E-state index is 0.177. The molecule has 3 heterocycles. The second kappa shape index (κ2) is 8.13. The minimum Gasteiger partial charge on any atom is -0.463 e. The number of ether oxygens (including phenoxy) is 1. The van der Waals surface area contributed by atoms with Gasteiger partial charge < -0.3 is 10.1 Å². The van der Waals surface area contributed by atoms with E-state index in [4.69, 9.17) is 16.3 Å². The van der Waals surface area contributed by atoms with Crippen molar-refractivity contribution in [3.63, 3.8) is 0 Å². The average Bonchev–Trinajstić information content (AvgIpc) is 3.28. The molecule has 5 rings (SSSR count). The van der Waals surface area contributed by atoms with Crippen molar-refractivity contribution in [2.45, 2.75) is 19.9 Å². The van der Waals surface area contributed by atoms with Crippen LogP contribution in [0.15, 0.2) is 69.6 Å². The second-order valence-corrected chi connectivity index (χ2v) is 8.90. The Morgan fingerprint density at radius 3 is 2.67 bits per heavy atom. The third-order valence-corrected chi connectivity index (χ3v) is 6.99. The molecule has 2 aliphatic rings. The Labute approximate surface area is 197 Å². The molecule has 33 heavy (non-hydrogen) atoms. The van der Waals surface area contributed by atoms with Gasteiger partial charge in [0.15, 0.2) is 4.80 Å². The fraction of sp³-hybridized carbons (Fsp3) is 0.167. The molecule has 3 aromatic rings. The summed E-state index contributed by atoms with van der Waals surface area (Å²) in [5, 5.41) is 3.21. The summed E-state index contributed by atoms with van der Waals surface area (Å²) in [7, 11) is 0. The molecule has 0 unspecified atom stereocenters. The number of benzene rings is 2. The molecule has 0 radical (unpaired) electrons. The van der Waals surface area contributed by atoms with E-state index < -0.39 is 17.6 Å². The lowest BCUT2D eigenvalue weighted by molar-refractivity contribution is -0.139. The van der Waals surface area contributed by atoms with E-state index in [9.17, 15) is 14.4 Å². The highest BCUT2D eigenvalue weighted by atomic mass is 35.5. The number of aromatic nitrogens is 1. The van der Waals surface area contributed by atoms with Gasteiger partial charge in [-0.1, -0.05) is 59.3 Å². The summed E-state index contributed by atoms with van der Waals surface area (Å²) in [6.45, 7) is 3.59. The van der Waals surface area contributed by atoms with E-state index in [1.54, 1.807) is 50.2 Å². The molecule has 0 bridgehead atoms. The highest BCUT2D eigenvalue weighted by molar-refractivity contribution is 7.07. The molecule has 0 aliphatic carbocycles. The first-order chi connectivity index (χ1) is 15.9. The number of hydrogen-bond donors (Lipinski definition) is 1. The molecule has 9 heteroatoms. The highest BCUT2D eigenvalue weighted by Gasteiger charge is 2.35. The van der Waals surface area contributed by atoms with Gasteiger partial charge in [0, 0.05) is 16.3 Å². The van der Waals surface area contributed by atoms with Gasteiger partial charge in [0.05, 0.1) is 23.5 Å². The standard InChI is InChI=1S/C24H18ClN3O4S/c1-3-32-23(31)17-12(2)26-24-28(19(17)13-8-4-6-10-15(13)25)22(30)20(33-24)18-14-9-5-7-11-16(14)27-21(18)29/h4-11,19H,3H2,1-2H3,(H,27,29)/b20-18+/t19-/m0/s1. The van der Waals surface area contributed by atoms with Crippen molar-refractivity contribution in [3.8, 4) is 0 Å². The predicted molar refractivity (Wildman–Crippen MR) is 126 cm³/mol. The second-order valence-electron chi connectivity index (χ2n) is 7.52. The molecule has 166 valence electrons. The summed E-state index contributed by atoms with van der Waals surface area (Å²) < 4.78 is 6.98. The maximum Gasteiger partial charge on any atom is 0.338 e. The number of nitrogens with zero attached hydrogens (tertiary/aromatic N) is 2. The molecule has 1 atom stereocenters. The summed E-state index contributed by atoms with van der Waals surface area (Å²) in [6, 6.07) is 13.4. The molecule has 1 amide bonds. The van der Waals surface area contributed by atoms with E-state index in [0.717, 1.165) is 11.3 Å². The van der Waals surface area contributed by atoms with Crippen LogP contribution in [0.25, 0.3) is 5.57 Å². The smallest absolute Gasteiger partial charge is 0.338 e. The third-order valence-electron chi connectivity index (χ3n) is 5.59. The number of para-hydroxylation sites is 1. The minimum atomic E-state index is -0.831. The predicted octanol–water partition coefficient (Wildman–Crippen LogP) is 2.77. The van der Waals surface area contributed by atoms with Crippen LogP contribution in [0.4, 0.5) is 5.69 Å². The van der Waals surface area contributed by atoms with Gasteiger partial charge in [0.25, 0.3) is 11.5 Å². The van der Waals surface area contributed by atoms with Gasteiger partial charge in [-0.15, -0.1) is 0 Å². The maximum absolute atomic E-state index is 13.8. The lowest BCUT2D eigenvalue weighted by Gasteiger charge is -2.25. The first-order valence-corrected chi connectivity index (χ1v) is 11.5. The lowest BCUT2D eigenvalue weighted by Crippen LogP contribution is -2.40. The Bertz CT molecular complexity index is 1550. The molecular formula is C24H18ClN3O4S. The van der Waals surface area contributed by atoms with Crippen LogP contribution < -0.4 is 20.2 Å². The van der Waals surface area contributed by atoms with Crippen LogP contribution in [-0.2, 0) is 14.3 Å². The zero-order chi connectivity index (χ0) is 23.3. The SMILES string of the molecule is CCOC(=O)C1=C(C)N=c2s/c(=C3/C(=O)Nc4ccccc43)c(=O)n2[C@H]1c1ccccc1Cl. The van der Waals surface area contributed by atoms with Crippen molar-refractivity contribution in [1.82, 2.24) is 4.57 Å². The van der Waals surface area contributed by atoms with Crippen molar-refractivity contribution in [1.29, 1.82) is 0 Å². The van der Waals surface area contributed by atoms with Gasteiger partial charge in [-0.25, -0.2) is 9.79 Å². The van der Waals surface area contributed by atoms with Gasteiger partial charge in [-0.05, 0) is 31.5 Å². The topological polar surface area (TPSA) is 89.8 Å². The van der Waals surface area contributed by atoms with Crippen molar-refractivity contribution in [3.05, 3.63) is 95.6 Å². The number of nitrogens with one attached hydrogen (secondary N) is 1. The van der Waals surface area contributed by atoms with E-state index in [-0.39, 0.29) is 22.6 Å². The monoisotopic (exact) mass is 479 g/mol. The molecule has 2 aliphatic heterocycles. The molecule has 0 fully saturated rings. The number of carbonyl (C=O) groups excluding carboxylic acids is 2. The highest BCUT2D eigenvalue weighted by Crippen LogP contribution is 2.35. The van der Waals surface area contributed by atoms with Crippen LogP contribution in [0, 0.1) is 0 Å². The molecule has 1 N–H and O–H groups in total. The van der Waals surface area contributed by atoms with Crippen LogP contribution in [0.1, 0.15) is 31.0 Å². The molecule has 2 aromatic carbocycles.